The molecule has 0 spiro atoms. The zero-order valence-electron chi connectivity index (χ0n) is 63.8. The van der Waals surface area contributed by atoms with Gasteiger partial charge in [-0.3, -0.25) is 93.0 Å². The first-order valence-electron chi connectivity index (χ1n) is 37.0. The molecule has 2 aromatic rings. The molecule has 0 aliphatic rings. The minimum Gasteiger partial charge on any atom is -0.370 e. The van der Waals surface area contributed by atoms with Gasteiger partial charge in [-0.05, 0) is 128 Å². The van der Waals surface area contributed by atoms with Crippen LogP contribution in [0.1, 0.15) is 128 Å². The molecule has 1 aromatic heterocycles. The number of guanidine groups is 6. The van der Waals surface area contributed by atoms with E-state index < -0.39 is 117 Å². The van der Waals surface area contributed by atoms with Crippen LogP contribution in [0.2, 0.25) is 0 Å². The number of carbonyl (C=O) groups excluding carboxylic acids is 11. The van der Waals surface area contributed by atoms with E-state index in [2.05, 4.69) is 98.1 Å². The second-order valence-electron chi connectivity index (χ2n) is 25.8. The second kappa shape index (κ2) is 55.6. The van der Waals surface area contributed by atoms with Crippen LogP contribution in [0.15, 0.2) is 71.5 Å². The Hall–Kier alpha value is -11.7. The Morgan fingerprint density at radius 2 is 0.735 bits per heavy atom. The van der Waals surface area contributed by atoms with Crippen LogP contribution in [0.25, 0.3) is 10.8 Å². The molecule has 46 nitrogen and oxygen atoms in total. The lowest BCUT2D eigenvalue weighted by Crippen LogP contribution is -2.59. The fourth-order valence-corrected chi connectivity index (χ4v) is 12.0. The monoisotopic (exact) mass is 1610 g/mol. The van der Waals surface area contributed by atoms with Crippen LogP contribution in [-0.2, 0) is 62.8 Å². The Labute approximate surface area is 655 Å². The van der Waals surface area contributed by atoms with Crippen molar-refractivity contribution in [3.05, 3.63) is 36.7 Å². The summed E-state index contributed by atoms with van der Waals surface area (Å²) in [6, 6.07) is -2.88. The molecule has 0 saturated heterocycles. The number of nitrogens with two attached hydrogens (primary N) is 14. The van der Waals surface area contributed by atoms with E-state index in [-0.39, 0.29) is 222 Å². The molecule has 11 amide bonds. The highest BCUT2D eigenvalue weighted by Gasteiger charge is 2.34. The summed E-state index contributed by atoms with van der Waals surface area (Å²) >= 11 is 0. The molecule has 632 valence electrons. The zero-order valence-corrected chi connectivity index (χ0v) is 64.6. The number of primary amides is 1. The van der Waals surface area contributed by atoms with Crippen LogP contribution >= 0.6 is 0 Å². The summed E-state index contributed by atoms with van der Waals surface area (Å²) in [5.74, 6) is -9.39. The maximum Gasteiger partial charge on any atom is 0.243 e. The Kier molecular flexibility index (Phi) is 47.9. The number of carbonyl (C=O) groups is 11. The van der Waals surface area contributed by atoms with E-state index in [4.69, 9.17) is 80.3 Å². The summed E-state index contributed by atoms with van der Waals surface area (Å²) in [4.78, 5) is 178. The molecule has 0 saturated carbocycles. The third-order valence-electron chi connectivity index (χ3n) is 16.4. The molecule has 0 radical (unpaired) electrons. The van der Waals surface area contributed by atoms with Crippen molar-refractivity contribution in [1.29, 1.82) is 0 Å². The number of amides is 11. The van der Waals surface area contributed by atoms with Crippen LogP contribution < -0.4 is 143 Å². The van der Waals surface area contributed by atoms with Crippen molar-refractivity contribution in [3.63, 3.8) is 0 Å². The summed E-state index contributed by atoms with van der Waals surface area (Å²) < 4.78 is 28.3. The third kappa shape index (κ3) is 44.6. The molecule has 47 heteroatoms. The molecular formula is C66H119N33O13S. The van der Waals surface area contributed by atoms with E-state index in [1.165, 1.54) is 12.3 Å². The Morgan fingerprint density at radius 1 is 0.363 bits per heavy atom. The average molecular weight is 1610 g/mol. The maximum atomic E-state index is 14.7. The molecule has 0 bridgehead atoms. The number of fused-ring (bicyclic) bond motifs is 1. The first-order valence-corrected chi connectivity index (χ1v) is 38.5. The minimum absolute atomic E-state index is 0.00743. The first-order chi connectivity index (χ1) is 53.7. The molecule has 7 atom stereocenters. The predicted octanol–water partition coefficient (Wildman–Crippen LogP) is -10.3. The van der Waals surface area contributed by atoms with Crippen molar-refractivity contribution in [3.8, 4) is 0 Å². The molecule has 0 unspecified atom stereocenters. The molecule has 0 fully saturated rings. The van der Waals surface area contributed by atoms with E-state index in [9.17, 15) is 61.2 Å². The number of nitrogens with one attached hydrogen (secondary N) is 12. The number of benzene rings is 1. The molecular weight excluding hydrogens is 1500 g/mol. The highest BCUT2D eigenvalue weighted by atomic mass is 32.2. The van der Waals surface area contributed by atoms with Crippen LogP contribution in [-0.4, -0.2) is 242 Å². The van der Waals surface area contributed by atoms with Crippen LogP contribution in [0, 0.1) is 0 Å². The van der Waals surface area contributed by atoms with Gasteiger partial charge in [0, 0.05) is 101 Å². The SMILES string of the molecule is NCCCC[C@@H](NC(=O)CCNC(=O)CNCC(=O)NCCNS(=O)(=O)c1cccc2cnccc12)C(=O)NCCCCCC(=O)N[C@H](CCCN=C(N)N)C(=O)N[C@H](CCCN=C(N)N)C(=O)N[C@H](CCCN=C(N)N)C(=O)N[C@H](CCCN=C(N)N)C(=O)N[C@H](CCCN=C(N)N)C(=O)N[C@H](CCCN=C(N)N)C(N)=O. The van der Waals surface area contributed by atoms with Crippen LogP contribution in [0.3, 0.4) is 0 Å². The van der Waals surface area contributed by atoms with E-state index >= 15 is 0 Å². The smallest absolute Gasteiger partial charge is 0.243 e. The summed E-state index contributed by atoms with van der Waals surface area (Å²) in [7, 11) is -3.91. The molecule has 0 aliphatic heterocycles. The summed E-state index contributed by atoms with van der Waals surface area (Å²) in [6.07, 6.45) is 5.31. The summed E-state index contributed by atoms with van der Waals surface area (Å²) in [5, 5.41) is 30.4. The number of sulfonamides is 1. The van der Waals surface area contributed by atoms with Crippen LogP contribution in [0.5, 0.6) is 0 Å². The first kappa shape index (κ1) is 97.3. The predicted molar refractivity (Wildman–Crippen MR) is 427 cm³/mol. The van der Waals surface area contributed by atoms with E-state index in [0.29, 0.717) is 43.0 Å². The van der Waals surface area contributed by atoms with Gasteiger partial charge in [-0.2, -0.15) is 0 Å². The molecule has 40 N–H and O–H groups in total. The number of aliphatic imine (C=N–C) groups is 6. The largest absolute Gasteiger partial charge is 0.370 e. The lowest BCUT2D eigenvalue weighted by Gasteiger charge is -2.27. The van der Waals surface area contributed by atoms with Crippen molar-refractivity contribution in [2.24, 2.45) is 110 Å². The van der Waals surface area contributed by atoms with Gasteiger partial charge in [0.15, 0.2) is 35.8 Å². The fraction of sp³-hybridized carbons (Fsp3) is 0.606. The highest BCUT2D eigenvalue weighted by Crippen LogP contribution is 2.22. The average Bonchev–Trinajstić information content (AvgIpc) is 0.793. The number of hydrogen-bond donors (Lipinski definition) is 26. The fourth-order valence-electron chi connectivity index (χ4n) is 10.8. The third-order valence-corrected chi connectivity index (χ3v) is 17.9. The molecule has 113 heavy (non-hydrogen) atoms. The summed E-state index contributed by atoms with van der Waals surface area (Å²) in [5.41, 5.74) is 77.9. The second-order valence-corrected chi connectivity index (χ2v) is 27.6. The number of rotatable bonds is 60. The van der Waals surface area contributed by atoms with E-state index in [0.717, 1.165) is 0 Å². The van der Waals surface area contributed by atoms with Crippen molar-refractivity contribution in [2.45, 2.75) is 176 Å². The Morgan fingerprint density at radius 3 is 1.14 bits per heavy atom. The van der Waals surface area contributed by atoms with Crippen molar-refractivity contribution in [2.75, 3.05) is 85.1 Å². The number of aromatic nitrogens is 1. The molecule has 1 aromatic carbocycles. The van der Waals surface area contributed by atoms with Gasteiger partial charge in [0.1, 0.15) is 42.3 Å². The highest BCUT2D eigenvalue weighted by molar-refractivity contribution is 7.89. The minimum atomic E-state index is -3.91. The standard InChI is InChI=1S/C66H119N33O13S/c67-25-4-3-14-43(93-51(101)24-34-83-52(102)38-82-39-53(103)84-35-36-92-113(111,112)49-21-6-13-40-37-81-33-23-41(40)49)55(105)85-26-5-1-2-22-50(100)94-44(16-8-28-87-62(71)72)56(106)96-46(18-10-30-89-64(75)76)58(108)98-48(20-12-32-91-66(79)80)60(110)99-47(19-11-31-90-65(77)78)59(109)97-45(17-9-29-88-63(73)74)57(107)95-42(54(68)104)15-7-27-86-61(69)70/h6,13,21,23,33,37,42-48,82,92H,1-5,7-12,14-20,22,24-32,34-36,38-39,67H2,(H2,68,104)(H,83,102)(H,84,103)(H,85,105)(H,93,101)(H,94,100)(H,95,107)(H,96,106)(H,97,109)(H,98,108)(H,99,110)(H4,69,70,86)(H4,71,72,87)(H4,73,74,88)(H4,75,76,89)(H4,77,78,90)(H4,79,80,91)/t42-,43-,44-,45-,46-,47-,48-/m1/s1. The lowest BCUT2D eigenvalue weighted by atomic mass is 10.0. The van der Waals surface area contributed by atoms with E-state index in [1.54, 1.807) is 24.4 Å². The summed E-state index contributed by atoms with van der Waals surface area (Å²) in [6.45, 7) is -0.190. The van der Waals surface area contributed by atoms with Crippen molar-refractivity contribution < 1.29 is 61.2 Å². The Balaban J connectivity index is 2.21. The van der Waals surface area contributed by atoms with Crippen molar-refractivity contribution in [1.82, 2.24) is 68.2 Å². The van der Waals surface area contributed by atoms with Gasteiger partial charge >= 0.3 is 0 Å². The van der Waals surface area contributed by atoms with E-state index in [1.807, 2.05) is 0 Å². The zero-order chi connectivity index (χ0) is 84.1. The Bertz CT molecular complexity index is 3670. The molecule has 1 heterocycles. The van der Waals surface area contributed by atoms with Gasteiger partial charge in [-0.25, -0.2) is 13.1 Å². The maximum absolute atomic E-state index is 14.7. The molecule has 2 rings (SSSR count). The topological polar surface area (TPSA) is 818 Å². The number of unbranched alkanes of at least 4 members (excludes halogenated alkanes) is 3. The van der Waals surface area contributed by atoms with Gasteiger partial charge in [-0.15, -0.1) is 0 Å². The van der Waals surface area contributed by atoms with Gasteiger partial charge in [0.05, 0.1) is 18.0 Å². The quantitative estimate of drug-likeness (QED) is 0.0166. The number of nitrogens with zero attached hydrogens (tertiary/aromatic N) is 7. The number of pyridine rings is 1. The van der Waals surface area contributed by atoms with Crippen LogP contribution in [0.4, 0.5) is 0 Å². The normalized spacial score (nSPS) is 12.8. The lowest BCUT2D eigenvalue weighted by molar-refractivity contribution is -0.135. The van der Waals surface area contributed by atoms with Gasteiger partial charge in [0.25, 0.3) is 0 Å². The number of hydrogen-bond acceptors (Lipinski definition) is 22. The van der Waals surface area contributed by atoms with Gasteiger partial charge in [0.2, 0.25) is 75.0 Å². The van der Waals surface area contributed by atoms with Crippen molar-refractivity contribution >= 4 is 122 Å². The van der Waals surface area contributed by atoms with Gasteiger partial charge in [-0.1, -0.05) is 18.6 Å². The van der Waals surface area contributed by atoms with Gasteiger partial charge < -0.3 is 133 Å². The molecule has 0 aliphatic carbocycles.